The van der Waals surface area contributed by atoms with Crippen molar-refractivity contribution in [1.82, 2.24) is 10.6 Å². The lowest BCUT2D eigenvalue weighted by molar-refractivity contribution is -0.122. The minimum atomic E-state index is -0.846. The molecule has 1 rings (SSSR count). The highest BCUT2D eigenvalue weighted by molar-refractivity contribution is 7.84. The van der Waals surface area contributed by atoms with Crippen molar-refractivity contribution in [3.05, 3.63) is 0 Å². The summed E-state index contributed by atoms with van der Waals surface area (Å²) < 4.78 is 11.0. The quantitative estimate of drug-likeness (QED) is 0.731. The van der Waals surface area contributed by atoms with E-state index in [4.69, 9.17) is 0 Å². The number of amides is 1. The lowest BCUT2D eigenvalue weighted by Gasteiger charge is -2.23. The van der Waals surface area contributed by atoms with Crippen LogP contribution in [0.4, 0.5) is 0 Å². The van der Waals surface area contributed by atoms with Crippen LogP contribution in [0, 0.1) is 5.92 Å². The number of hydrogen-bond donors (Lipinski definition) is 2. The Morgan fingerprint density at radius 1 is 1.62 bits per heavy atom. The van der Waals surface area contributed by atoms with Gasteiger partial charge in [0, 0.05) is 35.3 Å². The summed E-state index contributed by atoms with van der Waals surface area (Å²) in [7, 11) is -0.846. The molecule has 0 aliphatic carbocycles. The van der Waals surface area contributed by atoms with Gasteiger partial charge in [0.25, 0.3) is 0 Å². The Balaban J connectivity index is 2.21. The molecule has 1 aliphatic heterocycles. The van der Waals surface area contributed by atoms with Crippen molar-refractivity contribution in [2.24, 2.45) is 5.92 Å². The Morgan fingerprint density at radius 2 is 2.38 bits per heavy atom. The Kier molecular flexibility index (Phi) is 5.98. The predicted molar refractivity (Wildman–Crippen MR) is 66.7 cm³/mol. The molecule has 1 amide bonds. The summed E-state index contributed by atoms with van der Waals surface area (Å²) in [4.78, 5) is 11.7. The maximum absolute atomic E-state index is 11.7. The SMILES string of the molecule is CC(CS(C)=O)NC(=O)CC1CCCNC1. The third-order valence-corrected chi connectivity index (χ3v) is 3.73. The first-order valence-corrected chi connectivity index (χ1v) is 7.60. The second-order valence-corrected chi connectivity index (χ2v) is 6.10. The van der Waals surface area contributed by atoms with Crippen LogP contribution < -0.4 is 10.6 Å². The smallest absolute Gasteiger partial charge is 0.220 e. The van der Waals surface area contributed by atoms with Crippen LogP contribution in [0.2, 0.25) is 0 Å². The normalized spacial score (nSPS) is 24.8. The maximum Gasteiger partial charge on any atom is 0.220 e. The molecule has 3 atom stereocenters. The third kappa shape index (κ3) is 5.61. The fraction of sp³-hybridized carbons (Fsp3) is 0.909. The van der Waals surface area contributed by atoms with Gasteiger partial charge >= 0.3 is 0 Å². The average molecular weight is 246 g/mol. The Morgan fingerprint density at radius 3 is 2.94 bits per heavy atom. The monoisotopic (exact) mass is 246 g/mol. The highest BCUT2D eigenvalue weighted by Crippen LogP contribution is 2.13. The molecule has 16 heavy (non-hydrogen) atoms. The van der Waals surface area contributed by atoms with Crippen molar-refractivity contribution in [3.8, 4) is 0 Å². The van der Waals surface area contributed by atoms with Gasteiger partial charge in [0.05, 0.1) is 0 Å². The predicted octanol–water partition coefficient (Wildman–Crippen LogP) is 0.259. The average Bonchev–Trinajstić information content (AvgIpc) is 2.17. The van der Waals surface area contributed by atoms with Gasteiger partial charge in [-0.3, -0.25) is 9.00 Å². The largest absolute Gasteiger partial charge is 0.353 e. The molecular formula is C11H22N2O2S. The maximum atomic E-state index is 11.7. The molecule has 0 aromatic heterocycles. The van der Waals surface area contributed by atoms with Crippen LogP contribution in [-0.4, -0.2) is 41.3 Å². The first-order valence-electron chi connectivity index (χ1n) is 5.88. The fourth-order valence-electron chi connectivity index (χ4n) is 2.09. The Bertz CT molecular complexity index is 252. The summed E-state index contributed by atoms with van der Waals surface area (Å²) in [5.41, 5.74) is 0. The van der Waals surface area contributed by atoms with E-state index >= 15 is 0 Å². The number of carbonyl (C=O) groups excluding carboxylic acids is 1. The summed E-state index contributed by atoms with van der Waals surface area (Å²) in [5, 5.41) is 6.20. The Labute approximate surface area is 100 Å². The van der Waals surface area contributed by atoms with E-state index in [0.29, 0.717) is 18.1 Å². The van der Waals surface area contributed by atoms with Crippen molar-refractivity contribution in [2.75, 3.05) is 25.1 Å². The molecule has 0 saturated carbocycles. The topological polar surface area (TPSA) is 58.2 Å². The first-order chi connectivity index (χ1) is 7.58. The molecule has 0 aromatic carbocycles. The van der Waals surface area contributed by atoms with Crippen LogP contribution in [0.5, 0.6) is 0 Å². The fourth-order valence-corrected chi connectivity index (χ4v) is 2.88. The van der Waals surface area contributed by atoms with Crippen molar-refractivity contribution in [2.45, 2.75) is 32.2 Å². The molecular weight excluding hydrogens is 224 g/mol. The number of rotatable bonds is 5. The van der Waals surface area contributed by atoms with Crippen LogP contribution in [-0.2, 0) is 15.6 Å². The van der Waals surface area contributed by atoms with Gasteiger partial charge in [-0.25, -0.2) is 0 Å². The summed E-state index contributed by atoms with van der Waals surface area (Å²) in [6.45, 7) is 3.92. The number of hydrogen-bond acceptors (Lipinski definition) is 3. The van der Waals surface area contributed by atoms with Crippen LogP contribution in [0.15, 0.2) is 0 Å². The van der Waals surface area contributed by atoms with E-state index in [2.05, 4.69) is 10.6 Å². The summed E-state index contributed by atoms with van der Waals surface area (Å²) in [5.74, 6) is 1.09. The molecule has 4 nitrogen and oxygen atoms in total. The van der Waals surface area contributed by atoms with Gasteiger partial charge in [-0.05, 0) is 38.8 Å². The Hall–Kier alpha value is -0.420. The third-order valence-electron chi connectivity index (χ3n) is 2.77. The van der Waals surface area contributed by atoms with Crippen LogP contribution in [0.3, 0.4) is 0 Å². The van der Waals surface area contributed by atoms with Gasteiger partial charge < -0.3 is 10.6 Å². The second-order valence-electron chi connectivity index (χ2n) is 4.62. The van der Waals surface area contributed by atoms with E-state index in [1.165, 1.54) is 0 Å². The standard InChI is InChI=1S/C11H22N2O2S/c1-9(8-16(2)15)13-11(14)6-10-4-3-5-12-7-10/h9-10,12H,3-8H2,1-2H3,(H,13,14). The molecule has 2 N–H and O–H groups in total. The zero-order valence-electron chi connectivity index (χ0n) is 10.1. The molecule has 0 radical (unpaired) electrons. The minimum absolute atomic E-state index is 0.00915. The lowest BCUT2D eigenvalue weighted by atomic mass is 9.96. The van der Waals surface area contributed by atoms with E-state index < -0.39 is 10.8 Å². The summed E-state index contributed by atoms with van der Waals surface area (Å²) in [6.07, 6.45) is 4.54. The first kappa shape index (κ1) is 13.6. The molecule has 1 fully saturated rings. The minimum Gasteiger partial charge on any atom is -0.353 e. The van der Waals surface area contributed by atoms with Gasteiger partial charge in [-0.2, -0.15) is 0 Å². The van der Waals surface area contributed by atoms with Crippen molar-refractivity contribution >= 4 is 16.7 Å². The van der Waals surface area contributed by atoms with Crippen LogP contribution >= 0.6 is 0 Å². The van der Waals surface area contributed by atoms with Gasteiger partial charge in [0.1, 0.15) is 0 Å². The molecule has 5 heteroatoms. The van der Waals surface area contributed by atoms with Crippen LogP contribution in [0.25, 0.3) is 0 Å². The lowest BCUT2D eigenvalue weighted by Crippen LogP contribution is -2.39. The number of piperidine rings is 1. The molecule has 0 bridgehead atoms. The van der Waals surface area contributed by atoms with Crippen molar-refractivity contribution < 1.29 is 9.00 Å². The highest BCUT2D eigenvalue weighted by Gasteiger charge is 2.17. The van der Waals surface area contributed by atoms with Crippen molar-refractivity contribution in [3.63, 3.8) is 0 Å². The van der Waals surface area contributed by atoms with E-state index in [1.807, 2.05) is 6.92 Å². The second kappa shape index (κ2) is 7.01. The summed E-state index contributed by atoms with van der Waals surface area (Å²) >= 11 is 0. The van der Waals surface area contributed by atoms with Crippen molar-refractivity contribution in [1.29, 1.82) is 0 Å². The van der Waals surface area contributed by atoms with Gasteiger partial charge in [-0.1, -0.05) is 0 Å². The van der Waals surface area contributed by atoms with Crippen LogP contribution in [0.1, 0.15) is 26.2 Å². The molecule has 1 saturated heterocycles. The molecule has 0 aromatic rings. The molecule has 0 spiro atoms. The van der Waals surface area contributed by atoms with E-state index in [0.717, 1.165) is 25.9 Å². The number of carbonyl (C=O) groups is 1. The molecule has 1 aliphatic rings. The van der Waals surface area contributed by atoms with Gasteiger partial charge in [-0.15, -0.1) is 0 Å². The van der Waals surface area contributed by atoms with Gasteiger partial charge in [0.2, 0.25) is 5.91 Å². The zero-order chi connectivity index (χ0) is 12.0. The molecule has 94 valence electrons. The van der Waals surface area contributed by atoms with E-state index in [9.17, 15) is 9.00 Å². The molecule has 1 heterocycles. The number of nitrogens with one attached hydrogen (secondary N) is 2. The summed E-state index contributed by atoms with van der Waals surface area (Å²) in [6, 6.07) is 0.00915. The molecule has 3 unspecified atom stereocenters. The highest BCUT2D eigenvalue weighted by atomic mass is 32.2. The zero-order valence-corrected chi connectivity index (χ0v) is 10.9. The van der Waals surface area contributed by atoms with Gasteiger partial charge in [0.15, 0.2) is 0 Å². The van der Waals surface area contributed by atoms with E-state index in [1.54, 1.807) is 6.26 Å². The van der Waals surface area contributed by atoms with E-state index in [-0.39, 0.29) is 11.9 Å².